The molecule has 5 heteroatoms. The molecule has 2 rings (SSSR count). The molecule has 2 N–H and O–H groups in total. The van der Waals surface area contributed by atoms with Gasteiger partial charge in [0.05, 0.1) is 12.6 Å². The van der Waals surface area contributed by atoms with E-state index >= 15 is 0 Å². The van der Waals surface area contributed by atoms with Crippen LogP contribution in [0.2, 0.25) is 0 Å². The Bertz CT molecular complexity index is 528. The number of carbonyl (C=O) groups is 1. The van der Waals surface area contributed by atoms with Crippen LogP contribution in [0.1, 0.15) is 19.8 Å². The number of benzene rings is 1. The molecule has 1 atom stereocenters. The molecule has 2 amide bonds. The zero-order chi connectivity index (χ0) is 14.9. The van der Waals surface area contributed by atoms with E-state index in [4.69, 9.17) is 9.47 Å². The van der Waals surface area contributed by atoms with Crippen LogP contribution in [0, 0.1) is 11.8 Å². The summed E-state index contributed by atoms with van der Waals surface area (Å²) in [6, 6.07) is 7.02. The van der Waals surface area contributed by atoms with Gasteiger partial charge in [-0.1, -0.05) is 12.0 Å². The molecule has 0 bridgehead atoms. The van der Waals surface area contributed by atoms with Crippen molar-refractivity contribution in [2.75, 3.05) is 25.1 Å². The molecule has 1 aliphatic heterocycles. The summed E-state index contributed by atoms with van der Waals surface area (Å²) in [6.07, 6.45) is 2.31. The van der Waals surface area contributed by atoms with E-state index in [2.05, 4.69) is 22.5 Å². The number of hydrogen-bond donors (Lipinski definition) is 2. The lowest BCUT2D eigenvalue weighted by molar-refractivity contribution is 0.0680. The summed E-state index contributed by atoms with van der Waals surface area (Å²) in [7, 11) is 0. The molecule has 1 saturated heterocycles. The summed E-state index contributed by atoms with van der Waals surface area (Å²) in [5, 5.41) is 5.38. The molecule has 1 heterocycles. The minimum absolute atomic E-state index is 0.178. The van der Waals surface area contributed by atoms with Gasteiger partial charge in [-0.05, 0) is 31.9 Å². The van der Waals surface area contributed by atoms with Crippen LogP contribution in [0.5, 0.6) is 5.75 Å². The van der Waals surface area contributed by atoms with Crippen molar-refractivity contribution in [3.63, 3.8) is 0 Å². The average molecular weight is 288 g/mol. The van der Waals surface area contributed by atoms with Crippen LogP contribution >= 0.6 is 0 Å². The van der Waals surface area contributed by atoms with Gasteiger partial charge in [0.1, 0.15) is 12.4 Å². The molecule has 0 unspecified atom stereocenters. The third-order valence-corrected chi connectivity index (χ3v) is 3.07. The fraction of sp³-hybridized carbons (Fsp3) is 0.438. The van der Waals surface area contributed by atoms with Crippen molar-refractivity contribution in [1.29, 1.82) is 0 Å². The smallest absolute Gasteiger partial charge is 0.319 e. The van der Waals surface area contributed by atoms with Gasteiger partial charge >= 0.3 is 6.03 Å². The second-order valence-corrected chi connectivity index (χ2v) is 4.71. The van der Waals surface area contributed by atoms with Crippen molar-refractivity contribution in [2.24, 2.45) is 0 Å². The molecule has 0 aromatic heterocycles. The number of ether oxygens (including phenoxy) is 2. The Morgan fingerprint density at radius 2 is 2.43 bits per heavy atom. The first kappa shape index (κ1) is 15.2. The zero-order valence-corrected chi connectivity index (χ0v) is 12.1. The molecule has 0 spiro atoms. The second-order valence-electron chi connectivity index (χ2n) is 4.71. The fourth-order valence-electron chi connectivity index (χ4n) is 2.02. The number of nitrogens with one attached hydrogen (secondary N) is 2. The highest BCUT2D eigenvalue weighted by atomic mass is 16.5. The molecule has 112 valence electrons. The largest absolute Gasteiger partial charge is 0.491 e. The number of rotatable bonds is 5. The van der Waals surface area contributed by atoms with Gasteiger partial charge in [-0.25, -0.2) is 4.79 Å². The number of urea groups is 1. The van der Waals surface area contributed by atoms with Gasteiger partial charge in [0, 0.05) is 18.4 Å². The number of amides is 2. The Labute approximate surface area is 125 Å². The minimum Gasteiger partial charge on any atom is -0.491 e. The van der Waals surface area contributed by atoms with Gasteiger partial charge < -0.3 is 20.1 Å². The molecular weight excluding hydrogens is 268 g/mol. The number of hydrogen-bond acceptors (Lipinski definition) is 3. The van der Waals surface area contributed by atoms with Gasteiger partial charge in [-0.3, -0.25) is 0 Å². The molecule has 0 aliphatic carbocycles. The quantitative estimate of drug-likeness (QED) is 0.818. The van der Waals surface area contributed by atoms with E-state index in [-0.39, 0.29) is 12.1 Å². The summed E-state index contributed by atoms with van der Waals surface area (Å²) in [4.78, 5) is 11.6. The highest BCUT2D eigenvalue weighted by molar-refractivity contribution is 5.89. The fourth-order valence-corrected chi connectivity index (χ4v) is 2.02. The highest BCUT2D eigenvalue weighted by Gasteiger charge is 2.16. The topological polar surface area (TPSA) is 59.6 Å². The second kappa shape index (κ2) is 8.18. The number of anilines is 1. The van der Waals surface area contributed by atoms with Crippen LogP contribution in [0.3, 0.4) is 0 Å². The van der Waals surface area contributed by atoms with Gasteiger partial charge in [0.2, 0.25) is 0 Å². The summed E-state index contributed by atoms with van der Waals surface area (Å²) in [5.74, 6) is 6.20. The van der Waals surface area contributed by atoms with Crippen molar-refractivity contribution < 1.29 is 14.3 Å². The Hall–Kier alpha value is -2.19. The van der Waals surface area contributed by atoms with E-state index in [9.17, 15) is 4.79 Å². The lowest BCUT2D eigenvalue weighted by Gasteiger charge is -2.12. The predicted molar refractivity (Wildman–Crippen MR) is 81.4 cm³/mol. The van der Waals surface area contributed by atoms with Crippen molar-refractivity contribution in [3.05, 3.63) is 24.3 Å². The Balaban J connectivity index is 1.81. The summed E-state index contributed by atoms with van der Waals surface area (Å²) < 4.78 is 11.2. The van der Waals surface area contributed by atoms with Crippen molar-refractivity contribution in [2.45, 2.75) is 25.9 Å². The third-order valence-electron chi connectivity index (χ3n) is 3.07. The molecule has 1 fully saturated rings. The first-order valence-corrected chi connectivity index (χ1v) is 7.07. The maximum absolute atomic E-state index is 11.6. The van der Waals surface area contributed by atoms with E-state index in [1.54, 1.807) is 13.0 Å². The molecular formula is C16H20N2O3. The lowest BCUT2D eigenvalue weighted by Crippen LogP contribution is -2.28. The normalized spacial score (nSPS) is 16.7. The Morgan fingerprint density at radius 1 is 1.52 bits per heavy atom. The van der Waals surface area contributed by atoms with E-state index in [0.29, 0.717) is 18.8 Å². The van der Waals surface area contributed by atoms with Crippen LogP contribution in [0.25, 0.3) is 0 Å². The minimum atomic E-state index is -0.283. The Kier molecular flexibility index (Phi) is 5.92. The molecule has 1 aromatic rings. The maximum atomic E-state index is 11.6. The average Bonchev–Trinajstić information content (AvgIpc) is 2.99. The predicted octanol–water partition coefficient (Wildman–Crippen LogP) is 2.39. The van der Waals surface area contributed by atoms with E-state index in [1.807, 2.05) is 18.2 Å². The van der Waals surface area contributed by atoms with Crippen molar-refractivity contribution >= 4 is 11.7 Å². The summed E-state index contributed by atoms with van der Waals surface area (Å²) in [6.45, 7) is 3.42. The van der Waals surface area contributed by atoms with E-state index in [1.165, 1.54) is 0 Å². The van der Waals surface area contributed by atoms with Gasteiger partial charge in [-0.15, -0.1) is 5.92 Å². The molecule has 1 aromatic carbocycles. The molecule has 1 aliphatic rings. The SMILES string of the molecule is CC#CCNC(=O)Nc1cccc(OC[C@@H]2CCCO2)c1. The first-order chi connectivity index (χ1) is 10.3. The molecule has 0 radical (unpaired) electrons. The van der Waals surface area contributed by atoms with Crippen LogP contribution in [0.4, 0.5) is 10.5 Å². The van der Waals surface area contributed by atoms with Gasteiger partial charge in [-0.2, -0.15) is 0 Å². The van der Waals surface area contributed by atoms with E-state index in [0.717, 1.165) is 25.2 Å². The van der Waals surface area contributed by atoms with Gasteiger partial charge in [0.25, 0.3) is 0 Å². The first-order valence-electron chi connectivity index (χ1n) is 7.07. The molecule has 5 nitrogen and oxygen atoms in total. The van der Waals surface area contributed by atoms with Crippen molar-refractivity contribution in [3.8, 4) is 17.6 Å². The van der Waals surface area contributed by atoms with E-state index < -0.39 is 0 Å². The maximum Gasteiger partial charge on any atom is 0.319 e. The third kappa shape index (κ3) is 5.36. The summed E-state index contributed by atoms with van der Waals surface area (Å²) in [5.41, 5.74) is 0.682. The van der Waals surface area contributed by atoms with Crippen molar-refractivity contribution in [1.82, 2.24) is 5.32 Å². The number of carbonyl (C=O) groups excluding carboxylic acids is 1. The standard InChI is InChI=1S/C16H20N2O3/c1-2-3-9-17-16(19)18-13-6-4-7-14(11-13)21-12-15-8-5-10-20-15/h4,6-7,11,15H,5,8-10,12H2,1H3,(H2,17,18,19)/t15-/m0/s1. The highest BCUT2D eigenvalue weighted by Crippen LogP contribution is 2.19. The van der Waals surface area contributed by atoms with Crippen LogP contribution in [-0.2, 0) is 4.74 Å². The monoisotopic (exact) mass is 288 g/mol. The Morgan fingerprint density at radius 3 is 3.19 bits per heavy atom. The zero-order valence-electron chi connectivity index (χ0n) is 12.1. The molecule has 0 saturated carbocycles. The summed E-state index contributed by atoms with van der Waals surface area (Å²) >= 11 is 0. The van der Waals surface area contributed by atoms with Crippen LogP contribution in [-0.4, -0.2) is 31.9 Å². The van der Waals surface area contributed by atoms with Crippen LogP contribution in [0.15, 0.2) is 24.3 Å². The van der Waals surface area contributed by atoms with Gasteiger partial charge in [0.15, 0.2) is 0 Å². The molecule has 21 heavy (non-hydrogen) atoms. The lowest BCUT2D eigenvalue weighted by atomic mass is 10.2. The van der Waals surface area contributed by atoms with Crippen LogP contribution < -0.4 is 15.4 Å².